The van der Waals surface area contributed by atoms with Crippen LogP contribution in [0, 0.1) is 6.92 Å². The first-order valence-electron chi connectivity index (χ1n) is 8.60. The molecule has 3 aromatic rings. The molecule has 1 unspecified atom stereocenters. The molecule has 4 rings (SSSR count). The van der Waals surface area contributed by atoms with Crippen molar-refractivity contribution in [2.75, 3.05) is 26.3 Å². The summed E-state index contributed by atoms with van der Waals surface area (Å²) >= 11 is 12.5. The van der Waals surface area contributed by atoms with Crippen molar-refractivity contribution in [3.63, 3.8) is 0 Å². The zero-order valence-electron chi connectivity index (χ0n) is 14.5. The summed E-state index contributed by atoms with van der Waals surface area (Å²) in [6.45, 7) is 7.24. The van der Waals surface area contributed by atoms with Gasteiger partial charge in [0, 0.05) is 42.3 Å². The molecule has 0 amide bonds. The van der Waals surface area contributed by atoms with Gasteiger partial charge in [0.1, 0.15) is 11.6 Å². The molecular formula is C19H18Cl2N5O. The predicted molar refractivity (Wildman–Crippen MR) is 106 cm³/mol. The Labute approximate surface area is 167 Å². The number of ether oxygens (including phenoxy) is 1. The highest BCUT2D eigenvalue weighted by molar-refractivity contribution is 6.36. The van der Waals surface area contributed by atoms with E-state index in [2.05, 4.69) is 26.8 Å². The third kappa shape index (κ3) is 3.84. The first kappa shape index (κ1) is 18.4. The highest BCUT2D eigenvalue weighted by atomic mass is 35.5. The van der Waals surface area contributed by atoms with Gasteiger partial charge >= 0.3 is 0 Å². The van der Waals surface area contributed by atoms with Crippen molar-refractivity contribution in [3.8, 4) is 22.6 Å². The quantitative estimate of drug-likeness (QED) is 0.712. The minimum atomic E-state index is -0.177. The van der Waals surface area contributed by atoms with Crippen molar-refractivity contribution >= 4 is 23.2 Å². The summed E-state index contributed by atoms with van der Waals surface area (Å²) in [4.78, 5) is 19.0. The summed E-state index contributed by atoms with van der Waals surface area (Å²) in [7, 11) is 0. The Morgan fingerprint density at radius 1 is 1.15 bits per heavy atom. The summed E-state index contributed by atoms with van der Waals surface area (Å²) in [6.07, 6.45) is 5.21. The minimum absolute atomic E-state index is 0.177. The van der Waals surface area contributed by atoms with Gasteiger partial charge < -0.3 is 9.72 Å². The second-order valence-corrected chi connectivity index (χ2v) is 7.06. The van der Waals surface area contributed by atoms with Gasteiger partial charge in [0.05, 0.1) is 35.5 Å². The van der Waals surface area contributed by atoms with Crippen LogP contribution in [0.15, 0.2) is 36.8 Å². The third-order valence-corrected chi connectivity index (χ3v) is 5.08. The van der Waals surface area contributed by atoms with Crippen LogP contribution in [0.5, 0.6) is 0 Å². The van der Waals surface area contributed by atoms with E-state index in [1.165, 1.54) is 0 Å². The van der Waals surface area contributed by atoms with Crippen LogP contribution < -0.4 is 0 Å². The number of aromatic nitrogens is 4. The molecule has 1 aliphatic rings. The second-order valence-electron chi connectivity index (χ2n) is 6.22. The van der Waals surface area contributed by atoms with Gasteiger partial charge in [0.15, 0.2) is 0 Å². The summed E-state index contributed by atoms with van der Waals surface area (Å²) in [5, 5.41) is 1.09. The fourth-order valence-corrected chi connectivity index (χ4v) is 3.58. The fraction of sp³-hybridized carbons (Fsp3) is 0.263. The van der Waals surface area contributed by atoms with Gasteiger partial charge in [-0.3, -0.25) is 4.90 Å². The van der Waals surface area contributed by atoms with Crippen LogP contribution in [0.1, 0.15) is 11.9 Å². The van der Waals surface area contributed by atoms with Gasteiger partial charge in [-0.15, -0.1) is 0 Å². The average Bonchev–Trinajstić information content (AvgIpc) is 3.22. The van der Waals surface area contributed by atoms with Crippen LogP contribution >= 0.6 is 23.2 Å². The maximum Gasteiger partial charge on any atom is 0.146 e. The van der Waals surface area contributed by atoms with Gasteiger partial charge in [-0.05, 0) is 25.1 Å². The molecule has 1 aliphatic heterocycles. The number of hydrogen-bond acceptors (Lipinski definition) is 5. The molecule has 1 aromatic carbocycles. The molecule has 1 saturated heterocycles. The maximum absolute atomic E-state index is 6.46. The number of hydrogen-bond donors (Lipinski definition) is 1. The van der Waals surface area contributed by atoms with Crippen molar-refractivity contribution in [2.24, 2.45) is 0 Å². The summed E-state index contributed by atoms with van der Waals surface area (Å²) in [5.74, 6) is 1.31. The van der Waals surface area contributed by atoms with Crippen molar-refractivity contribution < 1.29 is 4.74 Å². The lowest BCUT2D eigenvalue weighted by molar-refractivity contribution is 0.0233. The number of imidazole rings is 1. The molecule has 0 spiro atoms. The first-order chi connectivity index (χ1) is 13.1. The fourth-order valence-electron chi connectivity index (χ4n) is 3.08. The maximum atomic E-state index is 6.46. The zero-order chi connectivity index (χ0) is 18.8. The highest BCUT2D eigenvalue weighted by Crippen LogP contribution is 2.35. The number of aromatic amines is 1. The van der Waals surface area contributed by atoms with Gasteiger partial charge in [-0.25, -0.2) is 15.0 Å². The molecule has 1 atom stereocenters. The third-order valence-electron chi connectivity index (χ3n) is 4.53. The molecule has 2 aromatic heterocycles. The van der Waals surface area contributed by atoms with Crippen LogP contribution in [0.2, 0.25) is 10.0 Å². The Morgan fingerprint density at radius 3 is 2.67 bits per heavy atom. The van der Waals surface area contributed by atoms with Crippen molar-refractivity contribution in [2.45, 2.75) is 6.04 Å². The Kier molecular flexibility index (Phi) is 5.41. The summed E-state index contributed by atoms with van der Waals surface area (Å²) in [5.41, 5.74) is 2.23. The Balaban J connectivity index is 1.80. The minimum Gasteiger partial charge on any atom is -0.379 e. The van der Waals surface area contributed by atoms with E-state index in [1.54, 1.807) is 30.7 Å². The van der Waals surface area contributed by atoms with E-state index in [1.807, 2.05) is 6.07 Å². The van der Waals surface area contributed by atoms with Crippen LogP contribution in [0.3, 0.4) is 0 Å². The molecule has 0 saturated carbocycles. The van der Waals surface area contributed by atoms with Gasteiger partial charge in [0.25, 0.3) is 0 Å². The Hall–Kier alpha value is -1.99. The molecule has 3 heterocycles. The molecule has 27 heavy (non-hydrogen) atoms. The average molecular weight is 403 g/mol. The van der Waals surface area contributed by atoms with Crippen molar-refractivity contribution in [1.82, 2.24) is 24.8 Å². The molecule has 1 fully saturated rings. The van der Waals surface area contributed by atoms with Crippen LogP contribution in [0.25, 0.3) is 22.6 Å². The number of nitrogens with zero attached hydrogens (tertiary/aromatic N) is 4. The molecule has 1 N–H and O–H groups in total. The van der Waals surface area contributed by atoms with Crippen molar-refractivity contribution in [1.29, 1.82) is 0 Å². The van der Waals surface area contributed by atoms with Crippen molar-refractivity contribution in [3.05, 3.63) is 59.6 Å². The number of nitrogens with one attached hydrogen (secondary N) is 1. The monoisotopic (exact) mass is 402 g/mol. The van der Waals surface area contributed by atoms with E-state index in [0.717, 1.165) is 24.2 Å². The van der Waals surface area contributed by atoms with Gasteiger partial charge in [-0.1, -0.05) is 23.2 Å². The lowest BCUT2D eigenvalue weighted by atomic mass is 10.1. The second kappa shape index (κ2) is 7.94. The van der Waals surface area contributed by atoms with E-state index in [9.17, 15) is 0 Å². The topological polar surface area (TPSA) is 66.9 Å². The standard InChI is InChI=1S/C19H18Cl2N5O/c1-12(26-6-8-27-9-7-26)18-24-11-15(19-22-4-5-23-19)17(25-18)14-3-2-13(20)10-16(14)21/h2-5,10-12H,1,6-9H2,(H,22,23). The first-order valence-corrected chi connectivity index (χ1v) is 9.36. The van der Waals surface area contributed by atoms with E-state index in [0.29, 0.717) is 40.6 Å². The number of benzene rings is 1. The molecule has 8 heteroatoms. The van der Waals surface area contributed by atoms with E-state index < -0.39 is 0 Å². The summed E-state index contributed by atoms with van der Waals surface area (Å²) < 4.78 is 5.42. The molecule has 139 valence electrons. The summed E-state index contributed by atoms with van der Waals surface area (Å²) in [6, 6.07) is 5.18. The highest BCUT2D eigenvalue weighted by Gasteiger charge is 2.23. The van der Waals surface area contributed by atoms with E-state index in [-0.39, 0.29) is 6.04 Å². The SMILES string of the molecule is [CH2]C(c1ncc(-c2ncc[nH]2)c(-c2ccc(Cl)cc2Cl)n1)N1CCOCC1. The van der Waals surface area contributed by atoms with Gasteiger partial charge in [0.2, 0.25) is 0 Å². The predicted octanol–water partition coefficient (Wildman–Crippen LogP) is 4.05. The normalized spacial score (nSPS) is 16.4. The molecule has 1 radical (unpaired) electrons. The molecule has 6 nitrogen and oxygen atoms in total. The number of morpholine rings is 1. The molecule has 0 bridgehead atoms. The Bertz CT molecular complexity index is 926. The molecular weight excluding hydrogens is 385 g/mol. The lowest BCUT2D eigenvalue weighted by Gasteiger charge is -2.31. The van der Waals surface area contributed by atoms with Crippen LogP contribution in [-0.2, 0) is 4.74 Å². The largest absolute Gasteiger partial charge is 0.379 e. The number of H-pyrrole nitrogens is 1. The number of halogens is 2. The van der Waals surface area contributed by atoms with E-state index >= 15 is 0 Å². The Morgan fingerprint density at radius 2 is 1.96 bits per heavy atom. The lowest BCUT2D eigenvalue weighted by Crippen LogP contribution is -2.38. The van der Waals surface area contributed by atoms with Crippen LogP contribution in [0.4, 0.5) is 0 Å². The smallest absolute Gasteiger partial charge is 0.146 e. The number of rotatable bonds is 4. The zero-order valence-corrected chi connectivity index (χ0v) is 16.0. The molecule has 0 aliphatic carbocycles. The van der Waals surface area contributed by atoms with E-state index in [4.69, 9.17) is 32.9 Å². The van der Waals surface area contributed by atoms with Gasteiger partial charge in [-0.2, -0.15) is 0 Å². The van der Waals surface area contributed by atoms with Crippen LogP contribution in [-0.4, -0.2) is 51.1 Å².